The zero-order valence-electron chi connectivity index (χ0n) is 16.5. The molecule has 0 bridgehead atoms. The molecule has 28 heavy (non-hydrogen) atoms. The predicted octanol–water partition coefficient (Wildman–Crippen LogP) is 3.86. The summed E-state index contributed by atoms with van der Waals surface area (Å²) in [4.78, 5) is 2.37. The van der Waals surface area contributed by atoms with Gasteiger partial charge in [0.1, 0.15) is 5.75 Å². The maximum absolute atomic E-state index is 5.29. The molecule has 0 aliphatic carbocycles. The fourth-order valence-electron chi connectivity index (χ4n) is 3.50. The first-order valence-corrected chi connectivity index (χ1v) is 10.6. The number of hydrogen-bond donors (Lipinski definition) is 1. The van der Waals surface area contributed by atoms with Crippen LogP contribution in [0, 0.1) is 5.92 Å². The van der Waals surface area contributed by atoms with Crippen molar-refractivity contribution < 1.29 is 4.74 Å². The molecule has 1 aromatic carbocycles. The van der Waals surface area contributed by atoms with E-state index in [4.69, 9.17) is 4.74 Å². The molecular weight excluding hydrogens is 370 g/mol. The number of rotatable bonds is 7. The number of benzene rings is 1. The van der Waals surface area contributed by atoms with Crippen LogP contribution in [0.5, 0.6) is 5.75 Å². The monoisotopic (exact) mass is 397 g/mol. The van der Waals surface area contributed by atoms with Crippen molar-refractivity contribution in [3.05, 3.63) is 53.9 Å². The number of nitrogens with one attached hydrogen (secondary N) is 1. The Morgan fingerprint density at radius 1 is 1.11 bits per heavy atom. The van der Waals surface area contributed by atoms with E-state index >= 15 is 0 Å². The van der Waals surface area contributed by atoms with Crippen LogP contribution in [0.2, 0.25) is 0 Å². The number of aromatic nitrogens is 3. The number of nitrogens with zero attached hydrogens (tertiary/aromatic N) is 4. The fourth-order valence-corrected chi connectivity index (χ4v) is 4.41. The maximum atomic E-state index is 5.29. The van der Waals surface area contributed by atoms with Gasteiger partial charge in [0.15, 0.2) is 0 Å². The number of ether oxygens (including phenoxy) is 1. The van der Waals surface area contributed by atoms with Gasteiger partial charge in [0, 0.05) is 38.1 Å². The van der Waals surface area contributed by atoms with Crippen LogP contribution in [0.4, 0.5) is 5.13 Å². The van der Waals surface area contributed by atoms with Crippen LogP contribution in [0.25, 0.3) is 5.13 Å². The van der Waals surface area contributed by atoms with Crippen molar-refractivity contribution in [3.63, 3.8) is 0 Å². The zero-order chi connectivity index (χ0) is 19.3. The summed E-state index contributed by atoms with van der Waals surface area (Å²) >= 11 is 1.67. The number of methoxy groups -OCH3 is 1. The van der Waals surface area contributed by atoms with E-state index in [-0.39, 0.29) is 0 Å². The van der Waals surface area contributed by atoms with Crippen LogP contribution >= 0.6 is 11.3 Å². The largest absolute Gasteiger partial charge is 0.497 e. The Kier molecular flexibility index (Phi) is 5.92. The van der Waals surface area contributed by atoms with Crippen molar-refractivity contribution >= 4 is 16.5 Å². The van der Waals surface area contributed by atoms with E-state index in [1.807, 2.05) is 12.1 Å². The predicted molar refractivity (Wildman–Crippen MR) is 113 cm³/mol. The highest BCUT2D eigenvalue weighted by Gasteiger charge is 2.20. The number of hydrogen-bond acceptors (Lipinski definition) is 6. The molecule has 2 aromatic heterocycles. The standard InChI is InChI=1S/C21H27N5OS/c1-16-8-11-25(12-9-16)20-23-24-21(28-20)26-10-4-6-18(26)15-22-14-17-5-3-7-19(13-17)27-2/h3-7,10,13,16,22H,8-9,11-12,14-15H2,1-2H3. The Morgan fingerprint density at radius 3 is 2.75 bits per heavy atom. The van der Waals surface area contributed by atoms with E-state index in [9.17, 15) is 0 Å². The molecule has 1 fully saturated rings. The lowest BCUT2D eigenvalue weighted by molar-refractivity contribution is 0.414. The average Bonchev–Trinajstić information content (AvgIpc) is 3.38. The third-order valence-electron chi connectivity index (χ3n) is 5.27. The molecule has 0 saturated carbocycles. The van der Waals surface area contributed by atoms with Gasteiger partial charge >= 0.3 is 0 Å². The van der Waals surface area contributed by atoms with Gasteiger partial charge in [0.25, 0.3) is 0 Å². The summed E-state index contributed by atoms with van der Waals surface area (Å²) in [5.74, 6) is 1.70. The van der Waals surface area contributed by atoms with Crippen molar-refractivity contribution in [2.24, 2.45) is 5.92 Å². The Bertz CT molecular complexity index is 898. The minimum atomic E-state index is 0.764. The summed E-state index contributed by atoms with van der Waals surface area (Å²) in [6, 6.07) is 12.3. The molecule has 3 aromatic rings. The smallest absolute Gasteiger partial charge is 0.218 e. The molecule has 148 valence electrons. The first kappa shape index (κ1) is 19.0. The first-order chi connectivity index (χ1) is 13.7. The first-order valence-electron chi connectivity index (χ1n) is 9.81. The molecule has 0 atom stereocenters. The van der Waals surface area contributed by atoms with Crippen molar-refractivity contribution in [1.29, 1.82) is 0 Å². The minimum Gasteiger partial charge on any atom is -0.497 e. The van der Waals surface area contributed by atoms with Crippen LogP contribution in [0.3, 0.4) is 0 Å². The van der Waals surface area contributed by atoms with E-state index in [0.29, 0.717) is 0 Å². The summed E-state index contributed by atoms with van der Waals surface area (Å²) in [5, 5.41) is 14.4. The summed E-state index contributed by atoms with van der Waals surface area (Å²) in [5.41, 5.74) is 2.38. The Labute approximate surface area is 170 Å². The highest BCUT2D eigenvalue weighted by molar-refractivity contribution is 7.17. The third-order valence-corrected chi connectivity index (χ3v) is 6.25. The van der Waals surface area contributed by atoms with Gasteiger partial charge in [0.2, 0.25) is 10.3 Å². The molecule has 0 spiro atoms. The second-order valence-electron chi connectivity index (χ2n) is 7.36. The topological polar surface area (TPSA) is 55.2 Å². The lowest BCUT2D eigenvalue weighted by Gasteiger charge is -2.29. The van der Waals surface area contributed by atoms with Gasteiger partial charge in [-0.2, -0.15) is 0 Å². The molecule has 7 heteroatoms. The lowest BCUT2D eigenvalue weighted by atomic mass is 10.00. The van der Waals surface area contributed by atoms with Crippen molar-refractivity contribution in [2.75, 3.05) is 25.1 Å². The zero-order valence-corrected chi connectivity index (χ0v) is 17.3. The van der Waals surface area contributed by atoms with Crippen molar-refractivity contribution in [3.8, 4) is 10.9 Å². The highest BCUT2D eigenvalue weighted by atomic mass is 32.1. The number of piperidine rings is 1. The average molecular weight is 398 g/mol. The summed E-state index contributed by atoms with van der Waals surface area (Å²) in [6.45, 7) is 6.04. The molecule has 3 heterocycles. The highest BCUT2D eigenvalue weighted by Crippen LogP contribution is 2.28. The molecule has 0 radical (unpaired) electrons. The molecule has 4 rings (SSSR count). The summed E-state index contributed by atoms with van der Waals surface area (Å²) in [6.07, 6.45) is 4.53. The summed E-state index contributed by atoms with van der Waals surface area (Å²) in [7, 11) is 1.69. The van der Waals surface area contributed by atoms with Gasteiger partial charge in [-0.15, -0.1) is 10.2 Å². The Hall–Kier alpha value is -2.38. The van der Waals surface area contributed by atoms with Crippen LogP contribution < -0.4 is 15.0 Å². The number of anilines is 1. The van der Waals surface area contributed by atoms with E-state index in [2.05, 4.69) is 62.4 Å². The van der Waals surface area contributed by atoms with Gasteiger partial charge in [-0.3, -0.25) is 4.57 Å². The fraction of sp³-hybridized carbons (Fsp3) is 0.429. The summed E-state index contributed by atoms with van der Waals surface area (Å²) < 4.78 is 7.42. The Balaban J connectivity index is 1.39. The molecule has 1 saturated heterocycles. The minimum absolute atomic E-state index is 0.764. The molecular formula is C21H27N5OS. The van der Waals surface area contributed by atoms with E-state index in [0.717, 1.165) is 48.1 Å². The van der Waals surface area contributed by atoms with Gasteiger partial charge in [-0.05, 0) is 48.6 Å². The Morgan fingerprint density at radius 2 is 1.93 bits per heavy atom. The van der Waals surface area contributed by atoms with Gasteiger partial charge in [0.05, 0.1) is 7.11 Å². The SMILES string of the molecule is COc1cccc(CNCc2cccn2-c2nnc(N3CCC(C)CC3)s2)c1. The van der Waals surface area contributed by atoms with Crippen LogP contribution in [0.1, 0.15) is 31.0 Å². The molecule has 1 aliphatic rings. The van der Waals surface area contributed by atoms with Crippen LogP contribution in [0.15, 0.2) is 42.6 Å². The third kappa shape index (κ3) is 4.36. The van der Waals surface area contributed by atoms with Crippen LogP contribution in [-0.4, -0.2) is 35.0 Å². The van der Waals surface area contributed by atoms with Crippen LogP contribution in [-0.2, 0) is 13.1 Å². The molecule has 0 unspecified atom stereocenters. The van der Waals surface area contributed by atoms with E-state index in [1.54, 1.807) is 18.4 Å². The second kappa shape index (κ2) is 8.75. The van der Waals surface area contributed by atoms with E-state index < -0.39 is 0 Å². The van der Waals surface area contributed by atoms with Crippen molar-refractivity contribution in [1.82, 2.24) is 20.1 Å². The second-order valence-corrected chi connectivity index (χ2v) is 8.30. The maximum Gasteiger partial charge on any atom is 0.218 e. The molecule has 1 aliphatic heterocycles. The van der Waals surface area contributed by atoms with Gasteiger partial charge < -0.3 is 15.0 Å². The van der Waals surface area contributed by atoms with Gasteiger partial charge in [-0.1, -0.05) is 30.4 Å². The molecule has 6 nitrogen and oxygen atoms in total. The normalized spacial score (nSPS) is 15.1. The van der Waals surface area contributed by atoms with E-state index in [1.165, 1.54) is 24.1 Å². The lowest BCUT2D eigenvalue weighted by Crippen LogP contribution is -2.32. The molecule has 0 amide bonds. The van der Waals surface area contributed by atoms with Crippen molar-refractivity contribution in [2.45, 2.75) is 32.9 Å². The quantitative estimate of drug-likeness (QED) is 0.656. The van der Waals surface area contributed by atoms with Gasteiger partial charge in [-0.25, -0.2) is 0 Å². The molecule has 1 N–H and O–H groups in total.